The molecular weight excluding hydrogens is 392 g/mol. The highest BCUT2D eigenvalue weighted by molar-refractivity contribution is 6.09. The van der Waals surface area contributed by atoms with E-state index >= 15 is 0 Å². The molecule has 2 aromatic carbocycles. The molecule has 2 bridgehead atoms. The van der Waals surface area contributed by atoms with Crippen molar-refractivity contribution < 1.29 is 19.1 Å². The Labute approximate surface area is 179 Å². The third-order valence-corrected chi connectivity index (χ3v) is 7.17. The molecule has 2 saturated carbocycles. The molecule has 3 fully saturated rings. The Morgan fingerprint density at radius 2 is 1.45 bits per heavy atom. The van der Waals surface area contributed by atoms with Crippen LogP contribution in [-0.4, -0.2) is 29.2 Å². The second kappa shape index (κ2) is 6.80. The van der Waals surface area contributed by atoms with E-state index in [1.54, 1.807) is 24.3 Å². The number of carbonyl (C=O) groups excluding carboxylic acids is 3. The summed E-state index contributed by atoms with van der Waals surface area (Å²) < 4.78 is 5.75. The molecule has 31 heavy (non-hydrogen) atoms. The van der Waals surface area contributed by atoms with Gasteiger partial charge in [0.05, 0.1) is 11.8 Å². The summed E-state index contributed by atoms with van der Waals surface area (Å²) in [5.41, 5.74) is 0.588. The second-order valence-corrected chi connectivity index (χ2v) is 8.90. The third kappa shape index (κ3) is 2.97. The number of ether oxygens (including phenoxy) is 1. The first kappa shape index (κ1) is 18.4. The maximum Gasteiger partial charge on any atom is 0.244 e. The molecule has 0 unspecified atom stereocenters. The van der Waals surface area contributed by atoms with E-state index in [9.17, 15) is 14.4 Å². The van der Waals surface area contributed by atoms with Crippen LogP contribution in [0, 0.1) is 35.5 Å². The normalized spacial score (nSPS) is 31.9. The SMILES string of the molecule is O=C(CN1C(=O)[C@H]2[C@@H]3C=C[C@H]([C@@H]4C[C@H]34)[C@@H]2C1=O)Nc1ccc(Oc2ccccc2)cc1. The van der Waals surface area contributed by atoms with Gasteiger partial charge in [0.15, 0.2) is 0 Å². The lowest BCUT2D eigenvalue weighted by molar-refractivity contribution is -0.142. The predicted octanol–water partition coefficient (Wildman–Crippen LogP) is 3.47. The Balaban J connectivity index is 1.10. The van der Waals surface area contributed by atoms with Crippen molar-refractivity contribution in [2.75, 3.05) is 11.9 Å². The van der Waals surface area contributed by atoms with Gasteiger partial charge in [0.1, 0.15) is 18.0 Å². The fourth-order valence-electron chi connectivity index (χ4n) is 5.75. The zero-order valence-electron chi connectivity index (χ0n) is 16.8. The van der Waals surface area contributed by atoms with E-state index in [0.29, 0.717) is 23.3 Å². The zero-order chi connectivity index (χ0) is 21.1. The number of nitrogens with zero attached hydrogens (tertiary/aromatic N) is 1. The number of rotatable bonds is 5. The maximum absolute atomic E-state index is 13.0. The van der Waals surface area contributed by atoms with Gasteiger partial charge in [-0.25, -0.2) is 0 Å². The van der Waals surface area contributed by atoms with E-state index in [2.05, 4.69) is 17.5 Å². The van der Waals surface area contributed by atoms with Crippen LogP contribution in [0.4, 0.5) is 5.69 Å². The smallest absolute Gasteiger partial charge is 0.244 e. The molecule has 0 radical (unpaired) electrons. The molecule has 6 nitrogen and oxygen atoms in total. The van der Waals surface area contributed by atoms with Crippen molar-refractivity contribution in [2.45, 2.75) is 6.42 Å². The molecule has 2 aromatic rings. The molecule has 1 saturated heterocycles. The largest absolute Gasteiger partial charge is 0.457 e. The first-order chi connectivity index (χ1) is 15.1. The van der Waals surface area contributed by atoms with Crippen molar-refractivity contribution in [3.8, 4) is 11.5 Å². The number of likely N-dealkylation sites (tertiary alicyclic amines) is 1. The number of hydrogen-bond acceptors (Lipinski definition) is 4. The first-order valence-electron chi connectivity index (χ1n) is 10.8. The quantitative estimate of drug-likeness (QED) is 0.601. The number of carbonyl (C=O) groups is 3. The monoisotopic (exact) mass is 414 g/mol. The van der Waals surface area contributed by atoms with Crippen LogP contribution in [0.2, 0.25) is 0 Å². The summed E-state index contributed by atoms with van der Waals surface area (Å²) in [7, 11) is 0. The average Bonchev–Trinajstić information content (AvgIpc) is 3.57. The van der Waals surface area contributed by atoms with Gasteiger partial charge in [0.2, 0.25) is 17.7 Å². The van der Waals surface area contributed by atoms with Crippen LogP contribution in [0.3, 0.4) is 0 Å². The van der Waals surface area contributed by atoms with Crippen LogP contribution in [-0.2, 0) is 14.4 Å². The van der Waals surface area contributed by atoms with Crippen LogP contribution in [0.1, 0.15) is 6.42 Å². The summed E-state index contributed by atoms with van der Waals surface area (Å²) in [4.78, 5) is 39.7. The highest BCUT2D eigenvalue weighted by atomic mass is 16.5. The summed E-state index contributed by atoms with van der Waals surface area (Å²) in [6, 6.07) is 16.4. The number of allylic oxidation sites excluding steroid dienone is 2. The van der Waals surface area contributed by atoms with Gasteiger partial charge in [0, 0.05) is 5.69 Å². The molecule has 0 aromatic heterocycles. The fourth-order valence-corrected chi connectivity index (χ4v) is 5.75. The Morgan fingerprint density at radius 1 is 0.871 bits per heavy atom. The van der Waals surface area contributed by atoms with Gasteiger partial charge in [-0.2, -0.15) is 0 Å². The van der Waals surface area contributed by atoms with E-state index in [-0.39, 0.29) is 47.9 Å². The molecular formula is C25H22N2O4. The van der Waals surface area contributed by atoms with Gasteiger partial charge in [-0.05, 0) is 66.5 Å². The lowest BCUT2D eigenvalue weighted by atomic mass is 9.63. The molecule has 0 spiro atoms. The Hall–Kier alpha value is -3.41. The topological polar surface area (TPSA) is 75.7 Å². The highest BCUT2D eigenvalue weighted by Crippen LogP contribution is 2.65. The molecule has 4 aliphatic carbocycles. The minimum atomic E-state index is -0.373. The molecule has 7 rings (SSSR count). The van der Waals surface area contributed by atoms with E-state index in [1.165, 1.54) is 4.90 Å². The molecule has 1 aliphatic heterocycles. The van der Waals surface area contributed by atoms with Crippen molar-refractivity contribution in [2.24, 2.45) is 35.5 Å². The van der Waals surface area contributed by atoms with E-state index in [4.69, 9.17) is 4.74 Å². The molecule has 156 valence electrons. The zero-order valence-corrected chi connectivity index (χ0v) is 16.8. The van der Waals surface area contributed by atoms with Gasteiger partial charge in [-0.3, -0.25) is 19.3 Å². The maximum atomic E-state index is 13.0. The van der Waals surface area contributed by atoms with Gasteiger partial charge < -0.3 is 10.1 Å². The molecule has 6 heteroatoms. The minimum Gasteiger partial charge on any atom is -0.457 e. The summed E-state index contributed by atoms with van der Waals surface area (Å²) in [6.07, 6.45) is 5.39. The second-order valence-electron chi connectivity index (χ2n) is 8.90. The van der Waals surface area contributed by atoms with Gasteiger partial charge in [-0.15, -0.1) is 0 Å². The first-order valence-corrected chi connectivity index (χ1v) is 10.8. The predicted molar refractivity (Wildman–Crippen MR) is 113 cm³/mol. The van der Waals surface area contributed by atoms with Crippen LogP contribution < -0.4 is 10.1 Å². The number of nitrogens with one attached hydrogen (secondary N) is 1. The van der Waals surface area contributed by atoms with Crippen LogP contribution in [0.25, 0.3) is 0 Å². The van der Waals surface area contributed by atoms with Crippen molar-refractivity contribution in [1.29, 1.82) is 0 Å². The Bertz CT molecular complexity index is 1060. The Morgan fingerprint density at radius 3 is 2.06 bits per heavy atom. The lowest BCUT2D eigenvalue weighted by Gasteiger charge is -2.37. The number of amides is 3. The highest BCUT2D eigenvalue weighted by Gasteiger charge is 2.67. The van der Waals surface area contributed by atoms with Gasteiger partial charge >= 0.3 is 0 Å². The fraction of sp³-hybridized carbons (Fsp3) is 0.320. The summed E-state index contributed by atoms with van der Waals surface area (Å²) in [6.45, 7) is -0.234. The van der Waals surface area contributed by atoms with Crippen molar-refractivity contribution >= 4 is 23.4 Å². The molecule has 5 aliphatic rings. The van der Waals surface area contributed by atoms with Crippen molar-refractivity contribution in [3.63, 3.8) is 0 Å². The van der Waals surface area contributed by atoms with Gasteiger partial charge in [0.25, 0.3) is 0 Å². The average molecular weight is 414 g/mol. The third-order valence-electron chi connectivity index (χ3n) is 7.17. The van der Waals surface area contributed by atoms with E-state index in [1.807, 2.05) is 30.3 Å². The summed E-state index contributed by atoms with van der Waals surface area (Å²) in [5, 5.41) is 2.78. The van der Waals surface area contributed by atoms with E-state index < -0.39 is 0 Å². The molecule has 6 atom stereocenters. The van der Waals surface area contributed by atoms with Crippen LogP contribution in [0.15, 0.2) is 66.7 Å². The minimum absolute atomic E-state index is 0.168. The molecule has 3 amide bonds. The van der Waals surface area contributed by atoms with Crippen LogP contribution in [0.5, 0.6) is 11.5 Å². The Kier molecular flexibility index (Phi) is 4.03. The number of benzene rings is 2. The summed E-state index contributed by atoms with van der Waals surface area (Å²) in [5.74, 6) is 1.56. The summed E-state index contributed by atoms with van der Waals surface area (Å²) >= 11 is 0. The lowest BCUT2D eigenvalue weighted by Crippen LogP contribution is -2.40. The number of para-hydroxylation sites is 1. The molecule has 1 heterocycles. The number of anilines is 1. The van der Waals surface area contributed by atoms with E-state index in [0.717, 1.165) is 12.2 Å². The van der Waals surface area contributed by atoms with Crippen molar-refractivity contribution in [3.05, 3.63) is 66.7 Å². The van der Waals surface area contributed by atoms with Crippen LogP contribution >= 0.6 is 0 Å². The molecule has 1 N–H and O–H groups in total. The standard InChI is InChI=1S/C25H22N2O4/c28-21(26-14-6-8-16(9-7-14)31-15-4-2-1-3-5-15)13-27-24(29)22-17-10-11-18(20-12-19(17)20)23(22)25(27)30/h1-11,17-20,22-23H,12-13H2,(H,26,28)/t17-,18-,19-,20+,22+,23+/m1/s1. The van der Waals surface area contributed by atoms with Gasteiger partial charge in [-0.1, -0.05) is 30.4 Å². The van der Waals surface area contributed by atoms with Crippen molar-refractivity contribution in [1.82, 2.24) is 4.90 Å². The number of imide groups is 1. The number of hydrogen-bond donors (Lipinski definition) is 1.